The predicted molar refractivity (Wildman–Crippen MR) is 85.9 cm³/mol. The molecule has 1 aromatic rings. The quantitative estimate of drug-likeness (QED) is 0.812. The Labute approximate surface area is 129 Å². The van der Waals surface area contributed by atoms with Gasteiger partial charge in [0.15, 0.2) is 0 Å². The zero-order valence-electron chi connectivity index (χ0n) is 11.6. The Morgan fingerprint density at radius 2 is 2.10 bits per heavy atom. The van der Waals surface area contributed by atoms with E-state index in [4.69, 9.17) is 17.3 Å². The van der Waals surface area contributed by atoms with Crippen LogP contribution in [0, 0.1) is 6.92 Å². The molecule has 2 rings (SSSR count). The minimum Gasteiger partial charge on any atom is -0.397 e. The number of sulfonamides is 1. The fraction of sp³-hybridized carbons (Fsp3) is 0.538. The summed E-state index contributed by atoms with van der Waals surface area (Å²) in [5.74, 6) is 0. The highest BCUT2D eigenvalue weighted by Crippen LogP contribution is 2.42. The normalized spacial score (nSPS) is 17.8. The number of nitrogens with two attached hydrogens (primary N) is 1. The van der Waals surface area contributed by atoms with E-state index in [0.29, 0.717) is 17.1 Å². The van der Waals surface area contributed by atoms with Gasteiger partial charge in [-0.25, -0.2) is 13.1 Å². The molecule has 1 aromatic carbocycles. The van der Waals surface area contributed by atoms with Gasteiger partial charge in [0.05, 0.1) is 15.6 Å². The Bertz CT molecular complexity index is 608. The number of benzene rings is 1. The summed E-state index contributed by atoms with van der Waals surface area (Å²) < 4.78 is 27.6. The van der Waals surface area contributed by atoms with Crippen molar-refractivity contribution in [2.75, 3.05) is 18.5 Å². The molecule has 1 fully saturated rings. The largest absolute Gasteiger partial charge is 0.397 e. The lowest BCUT2D eigenvalue weighted by atomic mass is 9.84. The van der Waals surface area contributed by atoms with Gasteiger partial charge in [-0.1, -0.05) is 18.0 Å². The number of halogens is 1. The van der Waals surface area contributed by atoms with Crippen LogP contribution in [0.25, 0.3) is 0 Å². The fourth-order valence-corrected chi connectivity index (χ4v) is 4.90. The Morgan fingerprint density at radius 3 is 2.60 bits per heavy atom. The van der Waals surface area contributed by atoms with Crippen LogP contribution >= 0.6 is 23.4 Å². The van der Waals surface area contributed by atoms with Crippen LogP contribution < -0.4 is 10.5 Å². The first kappa shape index (κ1) is 15.9. The average Bonchev–Trinajstić information content (AvgIpc) is 2.32. The molecule has 1 saturated carbocycles. The van der Waals surface area contributed by atoms with E-state index < -0.39 is 10.0 Å². The second-order valence-electron chi connectivity index (χ2n) is 5.20. The Balaban J connectivity index is 2.20. The van der Waals surface area contributed by atoms with Gasteiger partial charge in [-0.3, -0.25) is 0 Å². The second kappa shape index (κ2) is 5.75. The summed E-state index contributed by atoms with van der Waals surface area (Å²) in [4.78, 5) is 0.204. The molecule has 112 valence electrons. The standard InChI is InChI=1S/C13H19ClN2O2S2/c1-9-6-10(14)11(15)7-12(9)20(17,18)16-8-13(19-2)4-3-5-13/h6-7,16H,3-5,8,15H2,1-2H3. The van der Waals surface area contributed by atoms with Crippen LogP contribution in [0.4, 0.5) is 5.69 Å². The summed E-state index contributed by atoms with van der Waals surface area (Å²) >= 11 is 7.63. The Morgan fingerprint density at radius 1 is 1.45 bits per heavy atom. The van der Waals surface area contributed by atoms with E-state index >= 15 is 0 Å². The molecule has 0 amide bonds. The SMILES string of the molecule is CSC1(CNS(=O)(=O)c2cc(N)c(Cl)cc2C)CCC1. The monoisotopic (exact) mass is 334 g/mol. The van der Waals surface area contributed by atoms with E-state index in [-0.39, 0.29) is 15.3 Å². The number of hydrogen-bond acceptors (Lipinski definition) is 4. The molecule has 0 spiro atoms. The lowest BCUT2D eigenvalue weighted by Gasteiger charge is -2.40. The molecule has 0 aromatic heterocycles. The lowest BCUT2D eigenvalue weighted by molar-refractivity contribution is 0.362. The number of thioether (sulfide) groups is 1. The van der Waals surface area contributed by atoms with Crippen molar-refractivity contribution in [2.45, 2.75) is 35.8 Å². The van der Waals surface area contributed by atoms with Crippen molar-refractivity contribution in [2.24, 2.45) is 0 Å². The maximum absolute atomic E-state index is 12.4. The number of aryl methyl sites for hydroxylation is 1. The fourth-order valence-electron chi connectivity index (χ4n) is 2.29. The zero-order chi connectivity index (χ0) is 15.0. The first-order chi connectivity index (χ1) is 9.30. The van der Waals surface area contributed by atoms with Crippen LogP contribution in [0.1, 0.15) is 24.8 Å². The van der Waals surface area contributed by atoms with Crippen molar-refractivity contribution in [1.82, 2.24) is 4.72 Å². The molecule has 0 aliphatic heterocycles. The summed E-state index contributed by atoms with van der Waals surface area (Å²) in [6, 6.07) is 3.01. The van der Waals surface area contributed by atoms with E-state index in [1.165, 1.54) is 6.07 Å². The highest BCUT2D eigenvalue weighted by Gasteiger charge is 2.37. The van der Waals surface area contributed by atoms with E-state index in [2.05, 4.69) is 4.72 Å². The highest BCUT2D eigenvalue weighted by molar-refractivity contribution is 8.00. The molecule has 4 nitrogen and oxygen atoms in total. The molecule has 0 bridgehead atoms. The first-order valence-electron chi connectivity index (χ1n) is 6.40. The Hall–Kier alpha value is -0.430. The molecule has 20 heavy (non-hydrogen) atoms. The summed E-state index contributed by atoms with van der Waals surface area (Å²) in [6.45, 7) is 2.17. The van der Waals surface area contributed by atoms with E-state index in [1.807, 2.05) is 6.26 Å². The summed E-state index contributed by atoms with van der Waals surface area (Å²) in [6.07, 6.45) is 5.30. The molecule has 1 aliphatic carbocycles. The molecule has 0 radical (unpaired) electrons. The number of hydrogen-bond donors (Lipinski definition) is 2. The average molecular weight is 335 g/mol. The van der Waals surface area contributed by atoms with Gasteiger partial charge in [0.2, 0.25) is 10.0 Å². The van der Waals surface area contributed by atoms with Crippen molar-refractivity contribution in [3.8, 4) is 0 Å². The van der Waals surface area contributed by atoms with E-state index in [1.54, 1.807) is 24.8 Å². The maximum atomic E-state index is 12.4. The van der Waals surface area contributed by atoms with Crippen molar-refractivity contribution in [1.29, 1.82) is 0 Å². The molecular formula is C13H19ClN2O2S2. The molecule has 0 heterocycles. The second-order valence-corrected chi connectivity index (χ2v) is 8.62. The van der Waals surface area contributed by atoms with Gasteiger partial charge in [-0.15, -0.1) is 0 Å². The topological polar surface area (TPSA) is 72.2 Å². The van der Waals surface area contributed by atoms with Gasteiger partial charge < -0.3 is 5.73 Å². The van der Waals surface area contributed by atoms with Gasteiger partial charge in [0.1, 0.15) is 0 Å². The molecular weight excluding hydrogens is 316 g/mol. The van der Waals surface area contributed by atoms with Crippen LogP contribution in [0.5, 0.6) is 0 Å². The molecule has 0 unspecified atom stereocenters. The van der Waals surface area contributed by atoms with Gasteiger partial charge in [0, 0.05) is 11.3 Å². The number of anilines is 1. The minimum absolute atomic E-state index is 0.0545. The smallest absolute Gasteiger partial charge is 0.240 e. The van der Waals surface area contributed by atoms with Crippen molar-refractivity contribution in [3.63, 3.8) is 0 Å². The van der Waals surface area contributed by atoms with E-state index in [0.717, 1.165) is 19.3 Å². The molecule has 3 N–H and O–H groups in total. The van der Waals surface area contributed by atoms with E-state index in [9.17, 15) is 8.42 Å². The van der Waals surface area contributed by atoms with Crippen LogP contribution in [0.15, 0.2) is 17.0 Å². The lowest BCUT2D eigenvalue weighted by Crippen LogP contribution is -2.45. The zero-order valence-corrected chi connectivity index (χ0v) is 14.0. The Kier molecular flexibility index (Phi) is 4.59. The van der Waals surface area contributed by atoms with Crippen LogP contribution in [0.2, 0.25) is 5.02 Å². The third-order valence-corrected chi connectivity index (χ3v) is 7.16. The van der Waals surface area contributed by atoms with Gasteiger partial charge in [-0.2, -0.15) is 11.8 Å². The van der Waals surface area contributed by atoms with Crippen LogP contribution in [-0.4, -0.2) is 26.0 Å². The van der Waals surface area contributed by atoms with Gasteiger partial charge in [-0.05, 0) is 43.7 Å². The summed E-state index contributed by atoms with van der Waals surface area (Å²) in [5, 5.41) is 0.376. The number of nitrogens with one attached hydrogen (secondary N) is 1. The summed E-state index contributed by atoms with van der Waals surface area (Å²) in [5.41, 5.74) is 6.58. The van der Waals surface area contributed by atoms with Crippen molar-refractivity contribution in [3.05, 3.63) is 22.7 Å². The first-order valence-corrected chi connectivity index (χ1v) is 9.49. The van der Waals surface area contributed by atoms with Crippen molar-refractivity contribution < 1.29 is 8.42 Å². The van der Waals surface area contributed by atoms with Crippen molar-refractivity contribution >= 4 is 39.1 Å². The van der Waals surface area contributed by atoms with Gasteiger partial charge in [0.25, 0.3) is 0 Å². The third-order valence-electron chi connectivity index (χ3n) is 3.87. The molecule has 1 aliphatic rings. The number of nitrogen functional groups attached to an aromatic ring is 1. The molecule has 0 saturated heterocycles. The highest BCUT2D eigenvalue weighted by atomic mass is 35.5. The number of rotatable bonds is 5. The minimum atomic E-state index is -3.55. The third kappa shape index (κ3) is 3.08. The summed E-state index contributed by atoms with van der Waals surface area (Å²) in [7, 11) is -3.55. The maximum Gasteiger partial charge on any atom is 0.240 e. The van der Waals surface area contributed by atoms with Crippen LogP contribution in [-0.2, 0) is 10.0 Å². The molecule has 0 atom stereocenters. The van der Waals surface area contributed by atoms with Gasteiger partial charge >= 0.3 is 0 Å². The predicted octanol–water partition coefficient (Wildman–Crippen LogP) is 2.79. The molecule has 7 heteroatoms. The van der Waals surface area contributed by atoms with Crippen LogP contribution in [0.3, 0.4) is 0 Å².